The Bertz CT molecular complexity index is 92.6. The molecule has 1 nitrogen and oxygen atoms in total. The number of hydrogen-bond acceptors (Lipinski definition) is 3. The van der Waals surface area contributed by atoms with Gasteiger partial charge >= 0.3 is 0 Å². The monoisotopic (exact) mass is 148 g/mol. The molecule has 3 heteroatoms. The van der Waals surface area contributed by atoms with Crippen LogP contribution >= 0.6 is 24.4 Å². The third-order valence-electron chi connectivity index (χ3n) is 0.498. The van der Waals surface area contributed by atoms with Crippen LogP contribution in [0.3, 0.4) is 0 Å². The average Bonchev–Trinajstić information content (AvgIpc) is 1.69. The first-order valence-electron chi connectivity index (χ1n) is 2.17. The number of hydrogen-bond donors (Lipinski definition) is 0. The van der Waals surface area contributed by atoms with Gasteiger partial charge in [-0.1, -0.05) is 6.92 Å². The Labute approximate surface area is 60.1 Å². The van der Waals surface area contributed by atoms with Crippen molar-refractivity contribution in [3.05, 3.63) is 0 Å². The van der Waals surface area contributed by atoms with Gasteiger partial charge in [0.1, 0.15) is 5.78 Å². The molecule has 0 saturated carbocycles. The van der Waals surface area contributed by atoms with Crippen molar-refractivity contribution in [1.82, 2.24) is 0 Å². The van der Waals surface area contributed by atoms with Crippen molar-refractivity contribution >= 4 is 34.5 Å². The van der Waals surface area contributed by atoms with Gasteiger partial charge in [0.05, 0.1) is 0 Å². The first kappa shape index (κ1) is 10.8. The lowest BCUT2D eigenvalue weighted by Crippen LogP contribution is -1.80. The predicted molar refractivity (Wildman–Crippen MR) is 41.2 cm³/mol. The first-order valence-corrected chi connectivity index (χ1v) is 2.99. The van der Waals surface area contributed by atoms with Gasteiger partial charge < -0.3 is 4.79 Å². The smallest absolute Gasteiger partial charge is 0.129 e. The van der Waals surface area contributed by atoms with Gasteiger partial charge in [-0.05, 0) is 31.4 Å². The molecule has 0 saturated heterocycles. The molecule has 0 spiro atoms. The van der Waals surface area contributed by atoms with Crippen molar-refractivity contribution in [3.8, 4) is 0 Å². The van der Waals surface area contributed by atoms with E-state index < -0.39 is 0 Å². The molecular weight excluding hydrogens is 140 g/mol. The van der Waals surface area contributed by atoms with Crippen LogP contribution in [0.25, 0.3) is 0 Å². The molecule has 0 aromatic carbocycles. The van der Waals surface area contributed by atoms with Crippen LogP contribution < -0.4 is 0 Å². The minimum atomic E-state index is 0.255. The molecule has 0 radical (unpaired) electrons. The van der Waals surface area contributed by atoms with Gasteiger partial charge in [-0.2, -0.15) is 0 Å². The molecule has 46 valence electrons. The molecule has 0 aliphatic heterocycles. The summed E-state index contributed by atoms with van der Waals surface area (Å²) in [4.78, 5) is 9.81. The van der Waals surface area contributed by atoms with Gasteiger partial charge in [-0.25, -0.2) is 0 Å². The number of carbonyl (C=O) groups is 1. The maximum atomic E-state index is 9.81. The highest BCUT2D eigenvalue weighted by Crippen LogP contribution is 1.71. The number of rotatable bonds is 1. The standard InChI is InChI=1S/C4H8O.CS2/c1-3-4(2)5;2-1-3/h3H2,1-2H3;. The highest BCUT2D eigenvalue weighted by molar-refractivity contribution is 7.93. The molecule has 0 rings (SSSR count). The minimum absolute atomic E-state index is 0.255. The Kier molecular flexibility index (Phi) is 13.5. The molecule has 0 amide bonds. The van der Waals surface area contributed by atoms with Crippen LogP contribution in [0.5, 0.6) is 0 Å². The summed E-state index contributed by atoms with van der Waals surface area (Å²) >= 11 is 7.92. The zero-order valence-electron chi connectivity index (χ0n) is 4.93. The number of thiocarbonyl (C=S) groups is 2. The summed E-state index contributed by atoms with van der Waals surface area (Å²) in [7, 11) is 0. The Morgan fingerprint density at radius 1 is 1.62 bits per heavy atom. The van der Waals surface area contributed by atoms with Crippen molar-refractivity contribution in [2.24, 2.45) is 0 Å². The Balaban J connectivity index is 0. The Morgan fingerprint density at radius 2 is 1.75 bits per heavy atom. The lowest BCUT2D eigenvalue weighted by atomic mass is 10.4. The molecule has 0 aromatic heterocycles. The normalized spacial score (nSPS) is 5.75. The van der Waals surface area contributed by atoms with E-state index in [1.54, 1.807) is 6.92 Å². The Hall–Kier alpha value is -0.110. The molecule has 0 N–H and O–H groups in total. The molecule has 0 bridgehead atoms. The number of ketones is 1. The van der Waals surface area contributed by atoms with Gasteiger partial charge in [0.2, 0.25) is 0 Å². The second-order valence-electron chi connectivity index (χ2n) is 1.14. The Morgan fingerprint density at radius 3 is 1.75 bits per heavy atom. The highest BCUT2D eigenvalue weighted by atomic mass is 32.1. The molecule has 0 aliphatic carbocycles. The third-order valence-corrected chi connectivity index (χ3v) is 0.498. The van der Waals surface area contributed by atoms with Crippen LogP contribution in [0.4, 0.5) is 0 Å². The van der Waals surface area contributed by atoms with Crippen molar-refractivity contribution < 1.29 is 4.79 Å². The largest absolute Gasteiger partial charge is 0.300 e. The molecule has 0 aliphatic rings. The van der Waals surface area contributed by atoms with Gasteiger partial charge in [0.15, 0.2) is 0 Å². The first-order chi connectivity index (χ1) is 3.68. The molecule has 0 heterocycles. The van der Waals surface area contributed by atoms with E-state index in [4.69, 9.17) is 0 Å². The zero-order valence-corrected chi connectivity index (χ0v) is 6.56. The van der Waals surface area contributed by atoms with Crippen LogP contribution in [0.1, 0.15) is 20.3 Å². The van der Waals surface area contributed by atoms with Gasteiger partial charge in [-0.15, -0.1) is 0 Å². The van der Waals surface area contributed by atoms with Gasteiger partial charge in [-0.3, -0.25) is 0 Å². The number of carbonyl (C=O) groups excluding carboxylic acids is 1. The van der Waals surface area contributed by atoms with E-state index >= 15 is 0 Å². The molecule has 0 aromatic rings. The summed E-state index contributed by atoms with van der Waals surface area (Å²) in [6.45, 7) is 3.43. The number of Topliss-reactive ketones (excluding diaryl/α,β-unsaturated/α-hetero) is 1. The van der Waals surface area contributed by atoms with E-state index in [1.807, 2.05) is 11.2 Å². The maximum Gasteiger partial charge on any atom is 0.129 e. The van der Waals surface area contributed by atoms with E-state index in [0.29, 0.717) is 6.42 Å². The van der Waals surface area contributed by atoms with Crippen LogP contribution in [0, 0.1) is 0 Å². The average molecular weight is 148 g/mol. The molecular formula is C5H8OS2. The fourth-order valence-corrected chi connectivity index (χ4v) is 0. The van der Waals surface area contributed by atoms with E-state index in [-0.39, 0.29) is 5.78 Å². The summed E-state index contributed by atoms with van der Waals surface area (Å²) in [5.74, 6) is 0.255. The predicted octanol–water partition coefficient (Wildman–Crippen LogP) is 2.00. The van der Waals surface area contributed by atoms with Crippen LogP contribution in [0.15, 0.2) is 0 Å². The van der Waals surface area contributed by atoms with Crippen LogP contribution in [-0.2, 0) is 4.79 Å². The molecule has 8 heavy (non-hydrogen) atoms. The van der Waals surface area contributed by atoms with Gasteiger partial charge in [0.25, 0.3) is 0 Å². The summed E-state index contributed by atoms with van der Waals surface area (Å²) in [5.41, 5.74) is 0. The van der Waals surface area contributed by atoms with Crippen molar-refractivity contribution in [1.29, 1.82) is 0 Å². The summed E-state index contributed by atoms with van der Waals surface area (Å²) in [6, 6.07) is 0. The lowest BCUT2D eigenvalue weighted by molar-refractivity contribution is -0.116. The molecule has 0 fully saturated rings. The second-order valence-corrected chi connectivity index (χ2v) is 1.81. The summed E-state index contributed by atoms with van der Waals surface area (Å²) < 4.78 is 1.92. The van der Waals surface area contributed by atoms with Gasteiger partial charge in [0, 0.05) is 10.7 Å². The highest BCUT2D eigenvalue weighted by Gasteiger charge is 1.76. The van der Waals surface area contributed by atoms with E-state index in [1.165, 1.54) is 0 Å². The lowest BCUT2D eigenvalue weighted by Gasteiger charge is -1.71. The summed E-state index contributed by atoms with van der Waals surface area (Å²) in [6.07, 6.45) is 0.667. The zero-order chi connectivity index (χ0) is 6.99. The third kappa shape index (κ3) is 39.4. The van der Waals surface area contributed by atoms with Crippen molar-refractivity contribution in [3.63, 3.8) is 0 Å². The maximum absolute atomic E-state index is 9.81. The minimum Gasteiger partial charge on any atom is -0.300 e. The van der Waals surface area contributed by atoms with E-state index in [9.17, 15) is 4.79 Å². The molecule has 0 unspecified atom stereocenters. The molecule has 0 atom stereocenters. The topological polar surface area (TPSA) is 17.1 Å². The fourth-order valence-electron chi connectivity index (χ4n) is 0. The van der Waals surface area contributed by atoms with Crippen LogP contribution in [0.2, 0.25) is 0 Å². The summed E-state index contributed by atoms with van der Waals surface area (Å²) in [5, 5.41) is 0. The SMILES string of the molecule is CCC(C)=O.S=C=S. The fraction of sp³-hybridized carbons (Fsp3) is 0.600. The van der Waals surface area contributed by atoms with Crippen LogP contribution in [-0.4, -0.2) is 10.1 Å². The quantitative estimate of drug-likeness (QED) is 0.529. The second kappa shape index (κ2) is 10.00. The van der Waals surface area contributed by atoms with Crippen molar-refractivity contribution in [2.45, 2.75) is 20.3 Å². The van der Waals surface area contributed by atoms with E-state index in [2.05, 4.69) is 24.4 Å². The van der Waals surface area contributed by atoms with E-state index in [0.717, 1.165) is 0 Å². The van der Waals surface area contributed by atoms with Crippen molar-refractivity contribution in [2.75, 3.05) is 0 Å².